The number of rotatable bonds is 9. The highest BCUT2D eigenvalue weighted by atomic mass is 79.9. The fourth-order valence-electron chi connectivity index (χ4n) is 3.19. The van der Waals surface area contributed by atoms with E-state index in [1.54, 1.807) is 30.3 Å². The van der Waals surface area contributed by atoms with Crippen molar-refractivity contribution in [2.45, 2.75) is 20.8 Å². The molecule has 11 heteroatoms. The van der Waals surface area contributed by atoms with Gasteiger partial charge in [0.25, 0.3) is 5.91 Å². The molecule has 3 N–H and O–H groups in total. The maximum Gasteiger partial charge on any atom is 0.329 e. The number of ether oxygens (including phenoxy) is 2. The lowest BCUT2D eigenvalue weighted by molar-refractivity contribution is -0.136. The van der Waals surface area contributed by atoms with Crippen molar-refractivity contribution in [1.29, 1.82) is 0 Å². The van der Waals surface area contributed by atoms with Crippen molar-refractivity contribution in [2.24, 2.45) is 5.10 Å². The van der Waals surface area contributed by atoms with Crippen molar-refractivity contribution in [3.8, 4) is 11.5 Å². The van der Waals surface area contributed by atoms with Crippen molar-refractivity contribution < 1.29 is 23.9 Å². The molecule has 3 aromatic rings. The molecule has 9 nitrogen and oxygen atoms in total. The molecule has 0 fully saturated rings. The Hall–Kier alpha value is -3.89. The zero-order chi connectivity index (χ0) is 27.7. The molecule has 3 rings (SSSR count). The molecule has 0 aromatic heterocycles. The summed E-state index contributed by atoms with van der Waals surface area (Å²) >= 11 is 9.31. The fourth-order valence-corrected chi connectivity index (χ4v) is 3.95. The van der Waals surface area contributed by atoms with Crippen LogP contribution in [0.15, 0.2) is 64.2 Å². The van der Waals surface area contributed by atoms with Crippen LogP contribution in [0.2, 0.25) is 5.02 Å². The van der Waals surface area contributed by atoms with E-state index in [0.29, 0.717) is 44.5 Å². The lowest BCUT2D eigenvalue weighted by Crippen LogP contribution is -2.32. The van der Waals surface area contributed by atoms with Gasteiger partial charge < -0.3 is 20.1 Å². The Labute approximate surface area is 233 Å². The number of halogens is 2. The van der Waals surface area contributed by atoms with Gasteiger partial charge in [-0.3, -0.25) is 14.4 Å². The largest absolute Gasteiger partial charge is 0.490 e. The van der Waals surface area contributed by atoms with Gasteiger partial charge in [0.05, 0.1) is 17.3 Å². The normalized spacial score (nSPS) is 10.7. The predicted molar refractivity (Wildman–Crippen MR) is 151 cm³/mol. The van der Waals surface area contributed by atoms with Gasteiger partial charge in [0.15, 0.2) is 18.1 Å². The maximum atomic E-state index is 12.4. The molecule has 0 heterocycles. The molecule has 0 radical (unpaired) electrons. The van der Waals surface area contributed by atoms with Crippen molar-refractivity contribution in [3.05, 3.63) is 80.8 Å². The Bertz CT molecular complexity index is 1380. The monoisotopic (exact) mass is 600 g/mol. The number of carbonyl (C=O) groups excluding carboxylic acids is 3. The molecule has 198 valence electrons. The summed E-state index contributed by atoms with van der Waals surface area (Å²) < 4.78 is 11.9. The van der Waals surface area contributed by atoms with Crippen molar-refractivity contribution in [1.82, 2.24) is 5.43 Å². The number of nitrogens with one attached hydrogen (secondary N) is 3. The summed E-state index contributed by atoms with van der Waals surface area (Å²) in [5, 5.41) is 9.50. The Morgan fingerprint density at radius 1 is 0.947 bits per heavy atom. The summed E-state index contributed by atoms with van der Waals surface area (Å²) in [7, 11) is 0. The molecule has 3 amide bonds. The molecular weight excluding hydrogens is 576 g/mol. The second kappa shape index (κ2) is 13.6. The first-order valence-corrected chi connectivity index (χ1v) is 12.7. The van der Waals surface area contributed by atoms with Gasteiger partial charge in [-0.25, -0.2) is 5.43 Å². The number of amides is 3. The summed E-state index contributed by atoms with van der Waals surface area (Å²) in [4.78, 5) is 36.6. The molecular formula is C27H26BrClN4O5. The second-order valence-electron chi connectivity index (χ2n) is 8.06. The Morgan fingerprint density at radius 2 is 1.71 bits per heavy atom. The minimum atomic E-state index is -0.958. The molecule has 0 saturated carbocycles. The van der Waals surface area contributed by atoms with E-state index in [4.69, 9.17) is 21.1 Å². The lowest BCUT2D eigenvalue weighted by atomic mass is 10.1. The third-order valence-corrected chi connectivity index (χ3v) is 5.96. The molecule has 0 aliphatic rings. The van der Waals surface area contributed by atoms with Crippen LogP contribution in [-0.2, 0) is 14.4 Å². The first kappa shape index (κ1) is 28.7. The first-order chi connectivity index (χ1) is 18.2. The number of hydrazone groups is 1. The van der Waals surface area contributed by atoms with Gasteiger partial charge in [-0.15, -0.1) is 0 Å². The van der Waals surface area contributed by atoms with E-state index >= 15 is 0 Å². The van der Waals surface area contributed by atoms with E-state index in [0.717, 1.165) is 11.1 Å². The average Bonchev–Trinajstić information content (AvgIpc) is 2.86. The SMILES string of the molecule is CCOc1cc(/C=N\NC(=O)C(=O)Nc2cccc(Cl)c2)cc(Br)c1OCC(=O)Nc1ccc(C)c(C)c1. The van der Waals surface area contributed by atoms with E-state index in [1.165, 1.54) is 12.3 Å². The quantitative estimate of drug-likeness (QED) is 0.177. The van der Waals surface area contributed by atoms with Gasteiger partial charge in [0.2, 0.25) is 0 Å². The summed E-state index contributed by atoms with van der Waals surface area (Å²) in [5.74, 6) is -1.48. The molecule has 0 saturated heterocycles. The Kier molecular flexibility index (Phi) is 10.3. The molecule has 0 aliphatic carbocycles. The van der Waals surface area contributed by atoms with Crippen LogP contribution in [0.25, 0.3) is 0 Å². The number of aryl methyl sites for hydroxylation is 2. The molecule has 38 heavy (non-hydrogen) atoms. The van der Waals surface area contributed by atoms with Crippen LogP contribution >= 0.6 is 27.5 Å². The molecule has 0 atom stereocenters. The standard InChI is InChI=1S/C27H26BrClN4O5/c1-4-37-23-12-18(14-30-33-27(36)26(35)32-20-7-5-6-19(29)13-20)11-22(28)25(23)38-15-24(34)31-21-9-8-16(2)17(3)10-21/h5-14H,4,15H2,1-3H3,(H,31,34)(H,32,35)(H,33,36)/b30-14-. The maximum absolute atomic E-state index is 12.4. The van der Waals surface area contributed by atoms with Gasteiger partial charge in [-0.1, -0.05) is 23.7 Å². The zero-order valence-corrected chi connectivity index (χ0v) is 23.3. The zero-order valence-electron chi connectivity index (χ0n) is 20.9. The van der Waals surface area contributed by atoms with Gasteiger partial charge in [-0.05, 0) is 95.9 Å². The van der Waals surface area contributed by atoms with E-state index in [-0.39, 0.29) is 12.5 Å². The smallest absolute Gasteiger partial charge is 0.329 e. The van der Waals surface area contributed by atoms with Crippen LogP contribution in [-0.4, -0.2) is 37.1 Å². The van der Waals surface area contributed by atoms with E-state index in [2.05, 4.69) is 37.1 Å². The average molecular weight is 602 g/mol. The topological polar surface area (TPSA) is 118 Å². The minimum Gasteiger partial charge on any atom is -0.490 e. The number of hydrogen-bond acceptors (Lipinski definition) is 6. The van der Waals surface area contributed by atoms with Crippen LogP contribution < -0.4 is 25.5 Å². The third kappa shape index (κ3) is 8.32. The molecule has 0 spiro atoms. The second-order valence-corrected chi connectivity index (χ2v) is 9.35. The fraction of sp³-hybridized carbons (Fsp3) is 0.185. The highest BCUT2D eigenvalue weighted by Crippen LogP contribution is 2.36. The number of carbonyl (C=O) groups is 3. The van der Waals surface area contributed by atoms with Gasteiger partial charge >= 0.3 is 11.8 Å². The van der Waals surface area contributed by atoms with Crippen LogP contribution in [0.4, 0.5) is 11.4 Å². The molecule has 0 bridgehead atoms. The summed E-state index contributed by atoms with van der Waals surface area (Å²) in [5.41, 5.74) is 5.97. The van der Waals surface area contributed by atoms with Crippen LogP contribution in [0.1, 0.15) is 23.6 Å². The number of anilines is 2. The first-order valence-electron chi connectivity index (χ1n) is 11.5. The molecule has 0 unspecified atom stereocenters. The van der Waals surface area contributed by atoms with Crippen molar-refractivity contribution in [3.63, 3.8) is 0 Å². The van der Waals surface area contributed by atoms with Crippen LogP contribution in [0, 0.1) is 13.8 Å². The van der Waals surface area contributed by atoms with E-state index in [1.807, 2.05) is 39.0 Å². The Morgan fingerprint density at radius 3 is 2.42 bits per heavy atom. The lowest BCUT2D eigenvalue weighted by Gasteiger charge is -2.15. The number of nitrogens with zero attached hydrogens (tertiary/aromatic N) is 1. The van der Waals surface area contributed by atoms with Gasteiger partial charge in [0.1, 0.15) is 0 Å². The molecule has 3 aromatic carbocycles. The summed E-state index contributed by atoms with van der Waals surface area (Å²) in [6, 6.07) is 15.4. The highest BCUT2D eigenvalue weighted by Gasteiger charge is 2.15. The number of benzene rings is 3. The van der Waals surface area contributed by atoms with Crippen LogP contribution in [0.5, 0.6) is 11.5 Å². The Balaban J connectivity index is 1.61. The van der Waals surface area contributed by atoms with Crippen molar-refractivity contribution in [2.75, 3.05) is 23.8 Å². The van der Waals surface area contributed by atoms with Crippen molar-refractivity contribution >= 4 is 62.8 Å². The third-order valence-electron chi connectivity index (χ3n) is 5.14. The minimum absolute atomic E-state index is 0.239. The number of hydrogen-bond donors (Lipinski definition) is 3. The summed E-state index contributed by atoms with van der Waals surface area (Å²) in [6.07, 6.45) is 1.34. The highest BCUT2D eigenvalue weighted by molar-refractivity contribution is 9.10. The van der Waals surface area contributed by atoms with E-state index in [9.17, 15) is 14.4 Å². The van der Waals surface area contributed by atoms with E-state index < -0.39 is 11.8 Å². The van der Waals surface area contributed by atoms with Crippen LogP contribution in [0.3, 0.4) is 0 Å². The van der Waals surface area contributed by atoms with Gasteiger partial charge in [-0.2, -0.15) is 5.10 Å². The van der Waals surface area contributed by atoms with Gasteiger partial charge in [0, 0.05) is 16.4 Å². The summed E-state index contributed by atoms with van der Waals surface area (Å²) in [6.45, 7) is 5.89. The molecule has 0 aliphatic heterocycles. The predicted octanol–water partition coefficient (Wildman–Crippen LogP) is 5.22.